The predicted octanol–water partition coefficient (Wildman–Crippen LogP) is 0.0834. The molecule has 1 aliphatic heterocycles. The second kappa shape index (κ2) is 5.18. The number of hydrogen-bond donors (Lipinski definition) is 1. The number of morpholine rings is 1. The molecule has 1 N–H and O–H groups in total. The van der Waals surface area contributed by atoms with Crippen LogP contribution in [0.25, 0.3) is 0 Å². The van der Waals surface area contributed by atoms with Gasteiger partial charge in [-0.1, -0.05) is 0 Å². The van der Waals surface area contributed by atoms with Crippen molar-refractivity contribution in [2.45, 2.75) is 13.0 Å². The Morgan fingerprint density at radius 3 is 3.06 bits per heavy atom. The molecule has 1 fully saturated rings. The van der Waals surface area contributed by atoms with E-state index < -0.39 is 12.1 Å². The molecule has 1 unspecified atom stereocenters. The smallest absolute Gasteiger partial charge is 0.334 e. The summed E-state index contributed by atoms with van der Waals surface area (Å²) in [4.78, 5) is 21.0. The lowest BCUT2D eigenvalue weighted by Gasteiger charge is -2.32. The van der Waals surface area contributed by atoms with Gasteiger partial charge in [0.1, 0.15) is 12.1 Å². The average molecular weight is 253 g/mol. The Bertz CT molecular complexity index is 452. The lowest BCUT2D eigenvalue weighted by atomic mass is 10.2. The number of carboxylic acids is 1. The van der Waals surface area contributed by atoms with Gasteiger partial charge in [0.25, 0.3) is 0 Å². The molecule has 1 aliphatic rings. The van der Waals surface area contributed by atoms with Gasteiger partial charge >= 0.3 is 5.97 Å². The summed E-state index contributed by atoms with van der Waals surface area (Å²) in [6.45, 7) is 3.09. The van der Waals surface area contributed by atoms with Crippen LogP contribution in [0, 0.1) is 6.92 Å². The normalized spacial score (nSPS) is 19.7. The molecule has 18 heavy (non-hydrogen) atoms. The number of rotatable bonds is 3. The lowest BCUT2D eigenvalue weighted by Crippen LogP contribution is -2.46. The number of nitrogens with zero attached hydrogens (tertiary/aromatic N) is 3. The third kappa shape index (κ3) is 2.35. The van der Waals surface area contributed by atoms with Gasteiger partial charge < -0.3 is 19.5 Å². The lowest BCUT2D eigenvalue weighted by molar-refractivity contribution is -0.150. The van der Waals surface area contributed by atoms with Crippen LogP contribution in [-0.2, 0) is 9.53 Å². The predicted molar refractivity (Wildman–Crippen MR) is 62.9 cm³/mol. The SMILES string of the molecule is COc1ncnc(N2CCOC(C(=O)O)C2)c1C. The molecule has 1 atom stereocenters. The van der Waals surface area contributed by atoms with Crippen LogP contribution < -0.4 is 9.64 Å². The van der Waals surface area contributed by atoms with E-state index in [1.807, 2.05) is 11.8 Å². The van der Waals surface area contributed by atoms with E-state index in [1.165, 1.54) is 6.33 Å². The Balaban J connectivity index is 2.23. The van der Waals surface area contributed by atoms with Crippen molar-refractivity contribution in [2.75, 3.05) is 31.7 Å². The Morgan fingerprint density at radius 1 is 1.61 bits per heavy atom. The first kappa shape index (κ1) is 12.6. The van der Waals surface area contributed by atoms with Crippen LogP contribution in [0.2, 0.25) is 0 Å². The molecule has 98 valence electrons. The number of methoxy groups -OCH3 is 1. The summed E-state index contributed by atoms with van der Waals surface area (Å²) < 4.78 is 10.3. The van der Waals surface area contributed by atoms with Crippen LogP contribution in [0.4, 0.5) is 5.82 Å². The fourth-order valence-electron chi connectivity index (χ4n) is 1.94. The molecule has 0 spiro atoms. The van der Waals surface area contributed by atoms with Gasteiger partial charge in [-0.05, 0) is 6.92 Å². The van der Waals surface area contributed by atoms with Crippen LogP contribution in [0.1, 0.15) is 5.56 Å². The minimum Gasteiger partial charge on any atom is -0.481 e. The van der Waals surface area contributed by atoms with Gasteiger partial charge in [0.15, 0.2) is 6.10 Å². The van der Waals surface area contributed by atoms with Crippen LogP contribution in [0.15, 0.2) is 6.33 Å². The van der Waals surface area contributed by atoms with Crippen LogP contribution in [-0.4, -0.2) is 54.0 Å². The molecule has 7 nitrogen and oxygen atoms in total. The molecule has 1 saturated heterocycles. The number of ether oxygens (including phenoxy) is 2. The summed E-state index contributed by atoms with van der Waals surface area (Å²) in [6.07, 6.45) is 0.589. The zero-order valence-corrected chi connectivity index (χ0v) is 10.3. The second-order valence-electron chi connectivity index (χ2n) is 3.98. The summed E-state index contributed by atoms with van der Waals surface area (Å²) in [7, 11) is 1.54. The maximum Gasteiger partial charge on any atom is 0.334 e. The third-order valence-electron chi connectivity index (χ3n) is 2.85. The summed E-state index contributed by atoms with van der Waals surface area (Å²) in [6, 6.07) is 0. The fourth-order valence-corrected chi connectivity index (χ4v) is 1.94. The third-order valence-corrected chi connectivity index (χ3v) is 2.85. The van der Waals surface area contributed by atoms with Gasteiger partial charge in [0, 0.05) is 6.54 Å². The number of hydrogen-bond acceptors (Lipinski definition) is 6. The van der Waals surface area contributed by atoms with E-state index in [1.54, 1.807) is 7.11 Å². The highest BCUT2D eigenvalue weighted by molar-refractivity contribution is 5.73. The van der Waals surface area contributed by atoms with Crippen molar-refractivity contribution in [1.82, 2.24) is 9.97 Å². The minimum absolute atomic E-state index is 0.274. The Labute approximate surface area is 104 Å². The first-order chi connectivity index (χ1) is 8.63. The number of aliphatic carboxylic acids is 1. The van der Waals surface area contributed by atoms with E-state index in [0.717, 1.165) is 5.56 Å². The highest BCUT2D eigenvalue weighted by Gasteiger charge is 2.28. The average Bonchev–Trinajstić information content (AvgIpc) is 2.39. The molecular weight excluding hydrogens is 238 g/mol. The van der Waals surface area contributed by atoms with Gasteiger partial charge in [-0.15, -0.1) is 0 Å². The standard InChI is InChI=1S/C11H15N3O4/c1-7-9(12-6-13-10(7)17-2)14-3-4-18-8(5-14)11(15)16/h6,8H,3-5H2,1-2H3,(H,15,16). The molecule has 0 amide bonds. The largest absolute Gasteiger partial charge is 0.481 e. The molecule has 0 aliphatic carbocycles. The van der Waals surface area contributed by atoms with E-state index in [-0.39, 0.29) is 6.54 Å². The van der Waals surface area contributed by atoms with Gasteiger partial charge in [-0.2, -0.15) is 0 Å². The number of anilines is 1. The van der Waals surface area contributed by atoms with Gasteiger partial charge in [-0.25, -0.2) is 14.8 Å². The van der Waals surface area contributed by atoms with E-state index in [2.05, 4.69) is 9.97 Å². The molecule has 2 rings (SSSR count). The first-order valence-corrected chi connectivity index (χ1v) is 5.58. The topological polar surface area (TPSA) is 84.8 Å². The Hall–Kier alpha value is -1.89. The van der Waals surface area contributed by atoms with E-state index >= 15 is 0 Å². The molecule has 0 radical (unpaired) electrons. The van der Waals surface area contributed by atoms with E-state index in [9.17, 15) is 4.79 Å². The summed E-state index contributed by atoms with van der Waals surface area (Å²) >= 11 is 0. The first-order valence-electron chi connectivity index (χ1n) is 5.58. The monoisotopic (exact) mass is 253 g/mol. The van der Waals surface area contributed by atoms with Crippen molar-refractivity contribution in [2.24, 2.45) is 0 Å². The zero-order chi connectivity index (χ0) is 13.1. The molecule has 0 aromatic carbocycles. The van der Waals surface area contributed by atoms with Gasteiger partial charge in [0.05, 0.1) is 25.8 Å². The van der Waals surface area contributed by atoms with Gasteiger partial charge in [0.2, 0.25) is 5.88 Å². The molecule has 1 aromatic heterocycles. The molecule has 0 saturated carbocycles. The summed E-state index contributed by atoms with van der Waals surface area (Å²) in [5, 5.41) is 8.96. The molecular formula is C11H15N3O4. The van der Waals surface area contributed by atoms with Crippen molar-refractivity contribution in [3.05, 3.63) is 11.9 Å². The Kier molecular flexibility index (Phi) is 3.61. The van der Waals surface area contributed by atoms with Crippen molar-refractivity contribution in [3.63, 3.8) is 0 Å². The van der Waals surface area contributed by atoms with Crippen molar-refractivity contribution < 1.29 is 19.4 Å². The molecule has 2 heterocycles. The van der Waals surface area contributed by atoms with Gasteiger partial charge in [-0.3, -0.25) is 0 Å². The number of carboxylic acid groups (broad SMARTS) is 1. The number of aromatic nitrogens is 2. The summed E-state index contributed by atoms with van der Waals surface area (Å²) in [5.41, 5.74) is 0.797. The maximum atomic E-state index is 10.9. The number of carbonyl (C=O) groups is 1. The van der Waals surface area contributed by atoms with E-state index in [4.69, 9.17) is 14.6 Å². The van der Waals surface area contributed by atoms with Crippen LogP contribution >= 0.6 is 0 Å². The highest BCUT2D eigenvalue weighted by Crippen LogP contribution is 2.25. The van der Waals surface area contributed by atoms with Crippen LogP contribution in [0.3, 0.4) is 0 Å². The minimum atomic E-state index is -0.960. The molecule has 0 bridgehead atoms. The highest BCUT2D eigenvalue weighted by atomic mass is 16.5. The van der Waals surface area contributed by atoms with Crippen molar-refractivity contribution in [1.29, 1.82) is 0 Å². The fraction of sp³-hybridized carbons (Fsp3) is 0.545. The zero-order valence-electron chi connectivity index (χ0n) is 10.3. The van der Waals surface area contributed by atoms with Crippen molar-refractivity contribution in [3.8, 4) is 5.88 Å². The second-order valence-corrected chi connectivity index (χ2v) is 3.98. The molecule has 7 heteroatoms. The van der Waals surface area contributed by atoms with Crippen LogP contribution in [0.5, 0.6) is 5.88 Å². The summed E-state index contributed by atoms with van der Waals surface area (Å²) in [5.74, 6) is 0.230. The molecule has 1 aromatic rings. The maximum absolute atomic E-state index is 10.9. The quantitative estimate of drug-likeness (QED) is 0.816. The van der Waals surface area contributed by atoms with E-state index in [0.29, 0.717) is 24.8 Å². The Morgan fingerprint density at radius 2 is 2.39 bits per heavy atom. The van der Waals surface area contributed by atoms with Crippen molar-refractivity contribution >= 4 is 11.8 Å².